The van der Waals surface area contributed by atoms with Crippen molar-refractivity contribution in [3.05, 3.63) is 59.0 Å². The first-order chi connectivity index (χ1) is 9.25. The van der Waals surface area contributed by atoms with Crippen molar-refractivity contribution in [3.8, 4) is 0 Å². The van der Waals surface area contributed by atoms with Crippen LogP contribution in [0.25, 0.3) is 10.2 Å². The fraction of sp³-hybridized carbons (Fsp3) is 0.143. The van der Waals surface area contributed by atoms with E-state index in [-0.39, 0.29) is 24.0 Å². The number of hydrogen-bond acceptors (Lipinski definition) is 3. The smallest absolute Gasteiger partial charge is 0.211 e. The van der Waals surface area contributed by atoms with Crippen LogP contribution in [0.15, 0.2) is 58.9 Å². The molecule has 2 heterocycles. The van der Waals surface area contributed by atoms with Crippen LogP contribution in [-0.4, -0.2) is 9.13 Å². The van der Waals surface area contributed by atoms with Gasteiger partial charge < -0.3 is 9.13 Å². The molecule has 0 unspecified atom stereocenters. The summed E-state index contributed by atoms with van der Waals surface area (Å²) in [6.07, 6.45) is 1.96. The first-order valence-electron chi connectivity index (χ1n) is 5.99. The van der Waals surface area contributed by atoms with Gasteiger partial charge in [-0.05, 0) is 24.3 Å². The van der Waals surface area contributed by atoms with Crippen LogP contribution in [0.3, 0.4) is 0 Å². The Labute approximate surface area is 137 Å². The highest BCUT2D eigenvalue weighted by molar-refractivity contribution is 14.0. The molecule has 2 aromatic heterocycles. The molecule has 0 N–H and O–H groups in total. The Bertz CT molecular complexity index is 857. The van der Waals surface area contributed by atoms with Crippen LogP contribution in [-0.2, 0) is 14.1 Å². The van der Waals surface area contributed by atoms with E-state index in [0.717, 1.165) is 10.3 Å². The minimum absolute atomic E-state index is 0. The Balaban J connectivity index is 0.00000147. The standard InChI is InChI=1S/C14H14N4S.HI/c1-17-10-6-5-9-13(17)15-16-14-18(2)11-7-3-4-8-12(11)19-14;/h3-10H,1-2H3;1H/b15-13?,16-14+;. The molecule has 4 nitrogen and oxygen atoms in total. The minimum Gasteiger partial charge on any atom is -0.335 e. The molecule has 0 amide bonds. The lowest BCUT2D eigenvalue weighted by Crippen LogP contribution is -2.16. The van der Waals surface area contributed by atoms with E-state index in [0.29, 0.717) is 0 Å². The summed E-state index contributed by atoms with van der Waals surface area (Å²) in [7, 11) is 3.97. The molecule has 0 aliphatic rings. The molecule has 1 aromatic carbocycles. The normalized spacial score (nSPS) is 12.7. The van der Waals surface area contributed by atoms with Crippen molar-refractivity contribution in [3.63, 3.8) is 0 Å². The van der Waals surface area contributed by atoms with E-state index in [2.05, 4.69) is 26.9 Å². The maximum absolute atomic E-state index is 4.36. The van der Waals surface area contributed by atoms with E-state index in [1.807, 2.05) is 55.2 Å². The maximum Gasteiger partial charge on any atom is 0.211 e. The lowest BCUT2D eigenvalue weighted by atomic mass is 10.3. The van der Waals surface area contributed by atoms with Gasteiger partial charge in [-0.15, -0.1) is 34.2 Å². The summed E-state index contributed by atoms with van der Waals surface area (Å²) >= 11 is 1.64. The van der Waals surface area contributed by atoms with Gasteiger partial charge in [-0.2, -0.15) is 0 Å². The van der Waals surface area contributed by atoms with Gasteiger partial charge in [0.15, 0.2) is 5.49 Å². The van der Waals surface area contributed by atoms with Gasteiger partial charge in [0.1, 0.15) is 0 Å². The molecule has 0 saturated heterocycles. The lowest BCUT2D eigenvalue weighted by molar-refractivity contribution is 0.797. The number of nitrogens with zero attached hydrogens (tertiary/aromatic N) is 4. The topological polar surface area (TPSA) is 34.6 Å². The molecule has 0 bridgehead atoms. The number of halogens is 1. The highest BCUT2D eigenvalue weighted by atomic mass is 127. The summed E-state index contributed by atoms with van der Waals surface area (Å²) in [5.74, 6) is 0. The molecule has 20 heavy (non-hydrogen) atoms. The van der Waals surface area contributed by atoms with E-state index in [4.69, 9.17) is 0 Å². The maximum atomic E-state index is 4.36. The average Bonchev–Trinajstić information content (AvgIpc) is 2.75. The SMILES string of the molecule is Cn1ccccc1=N/N=c1/sc2ccccc2n1C.I. The number of aryl methyl sites for hydroxylation is 2. The third kappa shape index (κ3) is 2.85. The number of benzene rings is 1. The number of fused-ring (bicyclic) bond motifs is 1. The van der Waals surface area contributed by atoms with E-state index >= 15 is 0 Å². The molecule has 104 valence electrons. The molecule has 0 aliphatic carbocycles. The quantitative estimate of drug-likeness (QED) is 0.446. The van der Waals surface area contributed by atoms with E-state index in [1.54, 1.807) is 11.3 Å². The van der Waals surface area contributed by atoms with Crippen molar-refractivity contribution >= 4 is 45.5 Å². The summed E-state index contributed by atoms with van der Waals surface area (Å²) in [5.41, 5.74) is 2.01. The highest BCUT2D eigenvalue weighted by Gasteiger charge is 2.00. The van der Waals surface area contributed by atoms with Gasteiger partial charge in [0.05, 0.1) is 10.2 Å². The van der Waals surface area contributed by atoms with Crippen LogP contribution in [0.5, 0.6) is 0 Å². The minimum atomic E-state index is 0. The highest BCUT2D eigenvalue weighted by Crippen LogP contribution is 2.14. The zero-order chi connectivity index (χ0) is 13.2. The van der Waals surface area contributed by atoms with Gasteiger partial charge in [-0.1, -0.05) is 29.5 Å². The lowest BCUT2D eigenvalue weighted by Gasteiger charge is -1.95. The van der Waals surface area contributed by atoms with E-state index in [9.17, 15) is 0 Å². The summed E-state index contributed by atoms with van der Waals surface area (Å²) < 4.78 is 5.22. The van der Waals surface area contributed by atoms with Crippen LogP contribution < -0.4 is 10.3 Å². The van der Waals surface area contributed by atoms with Crippen molar-refractivity contribution in [1.29, 1.82) is 0 Å². The number of para-hydroxylation sites is 1. The molecular formula is C14H15IN4S. The predicted octanol–water partition coefficient (Wildman–Crippen LogP) is 2.61. The van der Waals surface area contributed by atoms with Gasteiger partial charge >= 0.3 is 0 Å². The summed E-state index contributed by atoms with van der Waals surface area (Å²) in [5, 5.41) is 8.67. The average molecular weight is 398 g/mol. The van der Waals surface area contributed by atoms with E-state index < -0.39 is 0 Å². The fourth-order valence-electron chi connectivity index (χ4n) is 1.89. The molecule has 0 fully saturated rings. The second-order valence-electron chi connectivity index (χ2n) is 4.28. The van der Waals surface area contributed by atoms with Crippen LogP contribution in [0.4, 0.5) is 0 Å². The van der Waals surface area contributed by atoms with Crippen LogP contribution in [0, 0.1) is 0 Å². The third-order valence-corrected chi connectivity index (χ3v) is 4.08. The molecule has 0 saturated carbocycles. The van der Waals surface area contributed by atoms with Crippen molar-refractivity contribution in [2.75, 3.05) is 0 Å². The van der Waals surface area contributed by atoms with Crippen LogP contribution >= 0.6 is 35.3 Å². The first kappa shape index (κ1) is 15.0. The van der Waals surface area contributed by atoms with Gasteiger partial charge in [0.2, 0.25) is 4.80 Å². The van der Waals surface area contributed by atoms with Crippen LogP contribution in [0.1, 0.15) is 0 Å². The van der Waals surface area contributed by atoms with Crippen molar-refractivity contribution < 1.29 is 0 Å². The monoisotopic (exact) mass is 398 g/mol. The molecular weight excluding hydrogens is 383 g/mol. The van der Waals surface area contributed by atoms with Gasteiger partial charge in [-0.3, -0.25) is 0 Å². The first-order valence-corrected chi connectivity index (χ1v) is 6.81. The Morgan fingerprint density at radius 2 is 1.70 bits per heavy atom. The Morgan fingerprint density at radius 3 is 2.45 bits per heavy atom. The number of hydrogen-bond donors (Lipinski definition) is 0. The Morgan fingerprint density at radius 1 is 0.950 bits per heavy atom. The summed E-state index contributed by atoms with van der Waals surface area (Å²) in [4.78, 5) is 0.894. The molecule has 6 heteroatoms. The second kappa shape index (κ2) is 6.36. The van der Waals surface area contributed by atoms with Crippen molar-refractivity contribution in [2.24, 2.45) is 24.3 Å². The summed E-state index contributed by atoms with van der Waals surface area (Å²) in [6, 6.07) is 14.1. The molecule has 3 rings (SSSR count). The molecule has 0 aliphatic heterocycles. The Hall–Kier alpha value is -1.41. The molecule has 0 radical (unpaired) electrons. The van der Waals surface area contributed by atoms with Gasteiger partial charge in [-0.25, -0.2) is 0 Å². The van der Waals surface area contributed by atoms with Gasteiger partial charge in [0.25, 0.3) is 0 Å². The van der Waals surface area contributed by atoms with Crippen molar-refractivity contribution in [2.45, 2.75) is 0 Å². The zero-order valence-corrected chi connectivity index (χ0v) is 14.4. The zero-order valence-electron chi connectivity index (χ0n) is 11.2. The predicted molar refractivity (Wildman–Crippen MR) is 92.8 cm³/mol. The van der Waals surface area contributed by atoms with Gasteiger partial charge in [0, 0.05) is 20.3 Å². The number of thiazole rings is 1. The molecule has 3 aromatic rings. The molecule has 0 atom stereocenters. The number of aromatic nitrogens is 2. The summed E-state index contributed by atoms with van der Waals surface area (Å²) in [6.45, 7) is 0. The third-order valence-electron chi connectivity index (χ3n) is 2.98. The molecule has 0 spiro atoms. The van der Waals surface area contributed by atoms with E-state index in [1.165, 1.54) is 10.2 Å². The largest absolute Gasteiger partial charge is 0.335 e. The number of pyridine rings is 1. The number of rotatable bonds is 1. The van der Waals surface area contributed by atoms with Crippen molar-refractivity contribution in [1.82, 2.24) is 9.13 Å². The fourth-order valence-corrected chi connectivity index (χ4v) is 2.86. The Kier molecular flexibility index (Phi) is 4.77. The second-order valence-corrected chi connectivity index (χ2v) is 5.29. The van der Waals surface area contributed by atoms with Crippen LogP contribution in [0.2, 0.25) is 0 Å².